The van der Waals surface area contributed by atoms with E-state index in [1.54, 1.807) is 17.0 Å². The molecule has 0 radical (unpaired) electrons. The second kappa shape index (κ2) is 13.9. The lowest BCUT2D eigenvalue weighted by atomic mass is 10.0. The molecule has 5 nitrogen and oxygen atoms in total. The lowest BCUT2D eigenvalue weighted by Gasteiger charge is -2.31. The number of hydrogen-bond donors (Lipinski definition) is 1. The van der Waals surface area contributed by atoms with Crippen LogP contribution in [-0.2, 0) is 22.6 Å². The van der Waals surface area contributed by atoms with Crippen LogP contribution in [0, 0.1) is 5.82 Å². The van der Waals surface area contributed by atoms with Crippen LogP contribution in [0.25, 0.3) is 0 Å². The fourth-order valence-electron chi connectivity index (χ4n) is 3.78. The number of benzene rings is 3. The van der Waals surface area contributed by atoms with Crippen LogP contribution in [0.15, 0.2) is 84.9 Å². The topological polar surface area (TPSA) is 58.6 Å². The normalized spacial score (nSPS) is 11.5. The number of rotatable bonds is 13. The standard InChI is InChI=1S/C29H33FN2O3/c1-2-19-31-29(34)27(21-23-10-5-3-6-11-23)32(22-24-15-17-25(30)18-16-24)28(33)14-9-20-35-26-12-7-4-8-13-26/h3-8,10-13,15-18,27H,2,9,14,19-22H2,1H3,(H,31,34)/t27-/m1/s1. The fraction of sp³-hybridized carbons (Fsp3) is 0.310. The van der Waals surface area contributed by atoms with E-state index < -0.39 is 6.04 Å². The van der Waals surface area contributed by atoms with Gasteiger partial charge in [0.25, 0.3) is 0 Å². The lowest BCUT2D eigenvalue weighted by molar-refractivity contribution is -0.141. The molecule has 0 spiro atoms. The van der Waals surface area contributed by atoms with Gasteiger partial charge in [-0.1, -0.05) is 67.6 Å². The number of hydrogen-bond acceptors (Lipinski definition) is 3. The number of carbonyl (C=O) groups excluding carboxylic acids is 2. The first-order chi connectivity index (χ1) is 17.1. The molecule has 0 aromatic heterocycles. The number of ether oxygens (including phenoxy) is 1. The van der Waals surface area contributed by atoms with Gasteiger partial charge in [-0.05, 0) is 48.2 Å². The van der Waals surface area contributed by atoms with Gasteiger partial charge < -0.3 is 15.0 Å². The number of nitrogens with zero attached hydrogens (tertiary/aromatic N) is 1. The van der Waals surface area contributed by atoms with Gasteiger partial charge in [0.15, 0.2) is 0 Å². The molecule has 0 fully saturated rings. The van der Waals surface area contributed by atoms with Crippen molar-refractivity contribution in [3.63, 3.8) is 0 Å². The summed E-state index contributed by atoms with van der Waals surface area (Å²) < 4.78 is 19.2. The molecule has 1 atom stereocenters. The molecule has 3 aromatic rings. The Kier molecular flexibility index (Phi) is 10.3. The van der Waals surface area contributed by atoms with Gasteiger partial charge in [0.05, 0.1) is 6.61 Å². The van der Waals surface area contributed by atoms with Gasteiger partial charge in [-0.2, -0.15) is 0 Å². The Labute approximate surface area is 206 Å². The summed E-state index contributed by atoms with van der Waals surface area (Å²) in [4.78, 5) is 28.3. The van der Waals surface area contributed by atoms with Crippen LogP contribution in [0.1, 0.15) is 37.3 Å². The second-order valence-corrected chi connectivity index (χ2v) is 8.41. The molecule has 0 heterocycles. The Morgan fingerprint density at radius 3 is 2.23 bits per heavy atom. The third-order valence-electron chi connectivity index (χ3n) is 5.63. The Hall–Kier alpha value is -3.67. The van der Waals surface area contributed by atoms with Gasteiger partial charge in [0.2, 0.25) is 11.8 Å². The molecule has 0 aliphatic rings. The molecule has 0 aliphatic carbocycles. The lowest BCUT2D eigenvalue weighted by Crippen LogP contribution is -2.50. The van der Waals surface area contributed by atoms with E-state index in [4.69, 9.17) is 4.74 Å². The van der Waals surface area contributed by atoms with Crippen molar-refractivity contribution >= 4 is 11.8 Å². The van der Waals surface area contributed by atoms with Crippen molar-refractivity contribution in [3.8, 4) is 5.75 Å². The molecule has 184 valence electrons. The summed E-state index contributed by atoms with van der Waals surface area (Å²) in [5.41, 5.74) is 1.73. The maximum atomic E-state index is 13.5. The van der Waals surface area contributed by atoms with Crippen LogP contribution >= 0.6 is 0 Å². The SMILES string of the molecule is CCCNC(=O)[C@@H](Cc1ccccc1)N(Cc1ccc(F)cc1)C(=O)CCCOc1ccccc1. The van der Waals surface area contributed by atoms with Gasteiger partial charge in [-0.15, -0.1) is 0 Å². The van der Waals surface area contributed by atoms with Gasteiger partial charge in [0, 0.05) is 25.9 Å². The monoisotopic (exact) mass is 476 g/mol. The molecule has 0 saturated heterocycles. The highest BCUT2D eigenvalue weighted by atomic mass is 19.1. The number of carbonyl (C=O) groups is 2. The van der Waals surface area contributed by atoms with Crippen molar-refractivity contribution in [1.82, 2.24) is 10.2 Å². The van der Waals surface area contributed by atoms with Gasteiger partial charge in [0.1, 0.15) is 17.6 Å². The zero-order valence-electron chi connectivity index (χ0n) is 20.2. The Bertz CT molecular complexity index is 1040. The molecule has 3 rings (SSSR count). The van der Waals surface area contributed by atoms with Gasteiger partial charge in [-0.3, -0.25) is 9.59 Å². The molecule has 2 amide bonds. The highest BCUT2D eigenvalue weighted by molar-refractivity contribution is 5.88. The van der Waals surface area contributed by atoms with Crippen molar-refractivity contribution < 1.29 is 18.7 Å². The summed E-state index contributed by atoms with van der Waals surface area (Å²) in [6.07, 6.45) is 1.94. The minimum atomic E-state index is -0.684. The molecule has 0 saturated carbocycles. The molecule has 1 N–H and O–H groups in total. The first-order valence-corrected chi connectivity index (χ1v) is 12.1. The molecule has 3 aromatic carbocycles. The van der Waals surface area contributed by atoms with Crippen molar-refractivity contribution in [3.05, 3.63) is 102 Å². The predicted octanol–water partition coefficient (Wildman–Crippen LogP) is 5.15. The van der Waals surface area contributed by atoms with E-state index in [1.165, 1.54) is 12.1 Å². The third kappa shape index (κ3) is 8.56. The first kappa shape index (κ1) is 25.9. The van der Waals surface area contributed by atoms with E-state index in [2.05, 4.69) is 5.32 Å². The summed E-state index contributed by atoms with van der Waals surface area (Å²) in [7, 11) is 0. The average molecular weight is 477 g/mol. The predicted molar refractivity (Wildman–Crippen MR) is 135 cm³/mol. The van der Waals surface area contributed by atoms with Crippen LogP contribution in [0.5, 0.6) is 5.75 Å². The van der Waals surface area contributed by atoms with Gasteiger partial charge in [-0.25, -0.2) is 4.39 Å². The number of amides is 2. The van der Waals surface area contributed by atoms with Crippen molar-refractivity contribution in [2.75, 3.05) is 13.2 Å². The number of nitrogens with one attached hydrogen (secondary N) is 1. The Morgan fingerprint density at radius 2 is 1.57 bits per heavy atom. The molecule has 0 aliphatic heterocycles. The summed E-state index contributed by atoms with van der Waals surface area (Å²) in [5.74, 6) is 0.0838. The summed E-state index contributed by atoms with van der Waals surface area (Å²) >= 11 is 0. The highest BCUT2D eigenvalue weighted by Crippen LogP contribution is 2.17. The molecule has 0 unspecified atom stereocenters. The van der Waals surface area contributed by atoms with Crippen molar-refractivity contribution in [2.24, 2.45) is 0 Å². The summed E-state index contributed by atoms with van der Waals surface area (Å²) in [5, 5.41) is 2.95. The van der Waals surface area contributed by atoms with E-state index in [0.29, 0.717) is 26.0 Å². The summed E-state index contributed by atoms with van der Waals surface area (Å²) in [6.45, 7) is 3.13. The second-order valence-electron chi connectivity index (χ2n) is 8.41. The zero-order chi connectivity index (χ0) is 24.9. The average Bonchev–Trinajstić information content (AvgIpc) is 2.89. The highest BCUT2D eigenvalue weighted by Gasteiger charge is 2.30. The van der Waals surface area contributed by atoms with E-state index in [1.807, 2.05) is 67.6 Å². The molecule has 6 heteroatoms. The minimum absolute atomic E-state index is 0.140. The van der Waals surface area contributed by atoms with Crippen molar-refractivity contribution in [1.29, 1.82) is 0 Å². The van der Waals surface area contributed by atoms with E-state index >= 15 is 0 Å². The van der Waals surface area contributed by atoms with E-state index in [0.717, 1.165) is 23.3 Å². The fourth-order valence-corrected chi connectivity index (χ4v) is 3.78. The minimum Gasteiger partial charge on any atom is -0.494 e. The number of halogens is 1. The first-order valence-electron chi connectivity index (χ1n) is 12.1. The van der Waals surface area contributed by atoms with E-state index in [9.17, 15) is 14.0 Å². The largest absolute Gasteiger partial charge is 0.494 e. The number of para-hydroxylation sites is 1. The van der Waals surface area contributed by atoms with Crippen LogP contribution in [0.4, 0.5) is 4.39 Å². The van der Waals surface area contributed by atoms with Crippen LogP contribution < -0.4 is 10.1 Å². The smallest absolute Gasteiger partial charge is 0.243 e. The molecule has 0 bridgehead atoms. The summed E-state index contributed by atoms with van der Waals surface area (Å²) in [6, 6.07) is 24.5. The van der Waals surface area contributed by atoms with E-state index in [-0.39, 0.29) is 30.6 Å². The maximum absolute atomic E-state index is 13.5. The van der Waals surface area contributed by atoms with Crippen LogP contribution in [0.3, 0.4) is 0 Å². The maximum Gasteiger partial charge on any atom is 0.243 e. The molecular weight excluding hydrogens is 443 g/mol. The van der Waals surface area contributed by atoms with Crippen molar-refractivity contribution in [2.45, 2.75) is 45.2 Å². The zero-order valence-corrected chi connectivity index (χ0v) is 20.2. The third-order valence-corrected chi connectivity index (χ3v) is 5.63. The quantitative estimate of drug-likeness (QED) is 0.347. The molecular formula is C29H33FN2O3. The van der Waals surface area contributed by atoms with Crippen LogP contribution in [0.2, 0.25) is 0 Å². The van der Waals surface area contributed by atoms with Crippen LogP contribution in [-0.4, -0.2) is 35.9 Å². The Morgan fingerprint density at radius 1 is 0.914 bits per heavy atom. The molecule has 35 heavy (non-hydrogen) atoms. The van der Waals surface area contributed by atoms with Gasteiger partial charge >= 0.3 is 0 Å². The Balaban J connectivity index is 1.77.